The van der Waals surface area contributed by atoms with E-state index in [0.29, 0.717) is 17.2 Å². The van der Waals surface area contributed by atoms with Crippen LogP contribution in [0.4, 0.5) is 4.79 Å². The Balaban J connectivity index is 1.88. The zero-order valence-corrected chi connectivity index (χ0v) is 13.1. The van der Waals surface area contributed by atoms with Crippen LogP contribution < -0.4 is 15.4 Å². The molecule has 1 fully saturated rings. The third kappa shape index (κ3) is 4.50. The minimum Gasteiger partial charge on any atom is -0.496 e. The lowest BCUT2D eigenvalue weighted by Gasteiger charge is -2.13. The van der Waals surface area contributed by atoms with E-state index in [1.807, 2.05) is 0 Å². The van der Waals surface area contributed by atoms with Gasteiger partial charge in [0.2, 0.25) is 0 Å². The smallest absolute Gasteiger partial charge is 0.315 e. The summed E-state index contributed by atoms with van der Waals surface area (Å²) in [6, 6.07) is 4.41. The second-order valence-corrected chi connectivity index (χ2v) is 7.55. The molecule has 1 aromatic carbocycles. The van der Waals surface area contributed by atoms with E-state index in [0.717, 1.165) is 5.56 Å². The molecule has 1 aromatic rings. The lowest BCUT2D eigenvalue weighted by atomic mass is 10.2. The second-order valence-electron chi connectivity index (χ2n) is 4.88. The van der Waals surface area contributed by atoms with Gasteiger partial charge in [-0.2, -0.15) is 0 Å². The number of nitrogens with one attached hydrogen (secondary N) is 2. The van der Waals surface area contributed by atoms with Crippen molar-refractivity contribution in [2.45, 2.75) is 19.0 Å². The van der Waals surface area contributed by atoms with Crippen LogP contribution in [-0.2, 0) is 16.4 Å². The summed E-state index contributed by atoms with van der Waals surface area (Å²) in [5.41, 5.74) is 0.749. The largest absolute Gasteiger partial charge is 0.496 e. The number of urea groups is 1. The Morgan fingerprint density at radius 2 is 2.24 bits per heavy atom. The van der Waals surface area contributed by atoms with Crippen molar-refractivity contribution in [3.63, 3.8) is 0 Å². The molecule has 21 heavy (non-hydrogen) atoms. The number of carbonyl (C=O) groups is 1. The Bertz CT molecular complexity index is 633. The summed E-state index contributed by atoms with van der Waals surface area (Å²) >= 11 is 5.91. The molecule has 0 aliphatic carbocycles. The van der Waals surface area contributed by atoms with Crippen molar-refractivity contribution in [3.05, 3.63) is 28.8 Å². The van der Waals surface area contributed by atoms with Gasteiger partial charge in [-0.3, -0.25) is 0 Å². The molecule has 6 nitrogen and oxygen atoms in total. The molecule has 1 aliphatic heterocycles. The standard InChI is InChI=1S/C13H17ClN2O4S/c1-20-12-3-2-10(14)6-9(12)7-15-13(17)16-11-4-5-21(18,19)8-11/h2-3,6,11H,4-5,7-8H2,1H3,(H2,15,16,17)/t11-/m1/s1. The fourth-order valence-corrected chi connectivity index (χ4v) is 4.07. The third-order valence-corrected chi connectivity index (χ3v) is 5.25. The van der Waals surface area contributed by atoms with Gasteiger partial charge in [-0.15, -0.1) is 0 Å². The van der Waals surface area contributed by atoms with Crippen molar-refractivity contribution in [1.82, 2.24) is 10.6 Å². The Labute approximate surface area is 128 Å². The first-order valence-corrected chi connectivity index (χ1v) is 8.67. The van der Waals surface area contributed by atoms with Gasteiger partial charge in [-0.05, 0) is 24.6 Å². The summed E-state index contributed by atoms with van der Waals surface area (Å²) in [5.74, 6) is 0.754. The van der Waals surface area contributed by atoms with E-state index < -0.39 is 15.9 Å². The topological polar surface area (TPSA) is 84.5 Å². The predicted octanol–water partition coefficient (Wildman–Crippen LogP) is 1.33. The highest BCUT2D eigenvalue weighted by molar-refractivity contribution is 7.91. The zero-order valence-electron chi connectivity index (χ0n) is 11.6. The molecule has 2 amide bonds. The molecule has 1 heterocycles. The number of benzene rings is 1. The summed E-state index contributed by atoms with van der Waals surface area (Å²) in [5, 5.41) is 5.88. The Kier molecular flexibility index (Phi) is 4.95. The fourth-order valence-electron chi connectivity index (χ4n) is 2.21. The molecule has 1 aliphatic rings. The molecule has 0 aromatic heterocycles. The molecule has 1 atom stereocenters. The summed E-state index contributed by atoms with van der Waals surface area (Å²) in [4.78, 5) is 11.8. The number of amides is 2. The fraction of sp³-hybridized carbons (Fsp3) is 0.462. The van der Waals surface area contributed by atoms with Gasteiger partial charge in [0.1, 0.15) is 5.75 Å². The van der Waals surface area contributed by atoms with Crippen molar-refractivity contribution in [3.8, 4) is 5.75 Å². The molecule has 0 spiro atoms. The monoisotopic (exact) mass is 332 g/mol. The molecule has 0 saturated carbocycles. The summed E-state index contributed by atoms with van der Waals surface area (Å²) in [6.07, 6.45) is 0.455. The van der Waals surface area contributed by atoms with Crippen molar-refractivity contribution in [2.24, 2.45) is 0 Å². The van der Waals surface area contributed by atoms with E-state index in [2.05, 4.69) is 10.6 Å². The first kappa shape index (κ1) is 15.9. The molecule has 116 valence electrons. The van der Waals surface area contributed by atoms with Crippen LogP contribution in [0.3, 0.4) is 0 Å². The number of halogens is 1. The molecule has 8 heteroatoms. The highest BCUT2D eigenvalue weighted by atomic mass is 35.5. The van der Waals surface area contributed by atoms with Gasteiger partial charge in [0, 0.05) is 23.2 Å². The van der Waals surface area contributed by atoms with Gasteiger partial charge in [0.15, 0.2) is 9.84 Å². The maximum atomic E-state index is 11.8. The highest BCUT2D eigenvalue weighted by Gasteiger charge is 2.28. The molecule has 2 N–H and O–H groups in total. The summed E-state index contributed by atoms with van der Waals surface area (Å²) in [6.45, 7) is 0.245. The number of rotatable bonds is 4. The van der Waals surface area contributed by atoms with Gasteiger partial charge in [-0.1, -0.05) is 11.6 Å². The van der Waals surface area contributed by atoms with E-state index in [1.165, 1.54) is 7.11 Å². The van der Waals surface area contributed by atoms with Crippen LogP contribution >= 0.6 is 11.6 Å². The van der Waals surface area contributed by atoms with Crippen LogP contribution in [0, 0.1) is 0 Å². The van der Waals surface area contributed by atoms with Gasteiger partial charge in [0.25, 0.3) is 0 Å². The lowest BCUT2D eigenvalue weighted by molar-refractivity contribution is 0.237. The molecule has 0 radical (unpaired) electrons. The number of sulfone groups is 1. The maximum absolute atomic E-state index is 11.8. The maximum Gasteiger partial charge on any atom is 0.315 e. The van der Waals surface area contributed by atoms with Gasteiger partial charge in [0.05, 0.1) is 18.6 Å². The number of hydrogen-bond donors (Lipinski definition) is 2. The number of methoxy groups -OCH3 is 1. The van der Waals surface area contributed by atoms with Crippen molar-refractivity contribution < 1.29 is 17.9 Å². The van der Waals surface area contributed by atoms with Crippen LogP contribution in [0.25, 0.3) is 0 Å². The van der Waals surface area contributed by atoms with Crippen molar-refractivity contribution >= 4 is 27.5 Å². The molecule has 1 saturated heterocycles. The van der Waals surface area contributed by atoms with Crippen LogP contribution in [0.2, 0.25) is 5.02 Å². The molecular formula is C13H17ClN2O4S. The highest BCUT2D eigenvalue weighted by Crippen LogP contribution is 2.22. The van der Waals surface area contributed by atoms with Crippen molar-refractivity contribution in [1.29, 1.82) is 0 Å². The Morgan fingerprint density at radius 1 is 1.48 bits per heavy atom. The van der Waals surface area contributed by atoms with E-state index in [1.54, 1.807) is 18.2 Å². The summed E-state index contributed by atoms with van der Waals surface area (Å²) in [7, 11) is -1.47. The predicted molar refractivity (Wildman–Crippen MR) is 80.4 cm³/mol. The van der Waals surface area contributed by atoms with Crippen molar-refractivity contribution in [2.75, 3.05) is 18.6 Å². The van der Waals surface area contributed by atoms with Crippen LogP contribution in [0.15, 0.2) is 18.2 Å². The van der Waals surface area contributed by atoms with E-state index >= 15 is 0 Å². The average Bonchev–Trinajstić information content (AvgIpc) is 2.75. The lowest BCUT2D eigenvalue weighted by Crippen LogP contribution is -2.42. The minimum atomic E-state index is -3.00. The zero-order chi connectivity index (χ0) is 15.5. The van der Waals surface area contributed by atoms with E-state index in [-0.39, 0.29) is 24.1 Å². The SMILES string of the molecule is COc1ccc(Cl)cc1CNC(=O)N[C@@H]1CCS(=O)(=O)C1. The number of ether oxygens (including phenoxy) is 1. The average molecular weight is 333 g/mol. The quantitative estimate of drug-likeness (QED) is 0.871. The first-order valence-electron chi connectivity index (χ1n) is 6.47. The molecular weight excluding hydrogens is 316 g/mol. The van der Waals surface area contributed by atoms with Gasteiger partial charge >= 0.3 is 6.03 Å². The molecule has 2 rings (SSSR count). The number of hydrogen-bond acceptors (Lipinski definition) is 4. The summed E-state index contributed by atoms with van der Waals surface area (Å²) < 4.78 is 27.8. The van der Waals surface area contributed by atoms with Crippen LogP contribution in [-0.4, -0.2) is 39.1 Å². The van der Waals surface area contributed by atoms with E-state index in [9.17, 15) is 13.2 Å². The van der Waals surface area contributed by atoms with Gasteiger partial charge in [-0.25, -0.2) is 13.2 Å². The third-order valence-electron chi connectivity index (χ3n) is 3.25. The first-order chi connectivity index (χ1) is 9.89. The van der Waals surface area contributed by atoms with Gasteiger partial charge < -0.3 is 15.4 Å². The van der Waals surface area contributed by atoms with E-state index in [4.69, 9.17) is 16.3 Å². The van der Waals surface area contributed by atoms with Crippen LogP contribution in [0.1, 0.15) is 12.0 Å². The molecule has 0 unspecified atom stereocenters. The molecule has 0 bridgehead atoms. The van der Waals surface area contributed by atoms with Crippen LogP contribution in [0.5, 0.6) is 5.75 Å². The second kappa shape index (κ2) is 6.53. The minimum absolute atomic E-state index is 0.000899. The normalized spacial score (nSPS) is 20.0. The Morgan fingerprint density at radius 3 is 2.86 bits per heavy atom. The number of carbonyl (C=O) groups excluding carboxylic acids is 1. The Hall–Kier alpha value is -1.47.